The molecule has 0 aliphatic carbocycles. The van der Waals surface area contributed by atoms with Crippen molar-refractivity contribution < 1.29 is 19.5 Å². The number of carbonyl (C=O) groups is 3. The fraction of sp³-hybridized carbons (Fsp3) is 0.217. The lowest BCUT2D eigenvalue weighted by molar-refractivity contribution is -0.137. The van der Waals surface area contributed by atoms with Gasteiger partial charge in [0, 0.05) is 18.5 Å². The Labute approximate surface area is 181 Å². The number of nitrogens with zero attached hydrogens (tertiary/aromatic N) is 2. The number of aliphatic carboxylic acids is 1. The molecule has 0 saturated heterocycles. The van der Waals surface area contributed by atoms with Gasteiger partial charge < -0.3 is 21.2 Å². The van der Waals surface area contributed by atoms with Gasteiger partial charge in [-0.2, -0.15) is 5.10 Å². The van der Waals surface area contributed by atoms with Crippen LogP contribution in [0.4, 0.5) is 5.69 Å². The fourth-order valence-electron chi connectivity index (χ4n) is 2.93. The lowest BCUT2D eigenvalue weighted by atomic mass is 10.1. The maximum Gasteiger partial charge on any atom is 0.305 e. The van der Waals surface area contributed by atoms with Gasteiger partial charge in [-0.1, -0.05) is 48.5 Å². The highest BCUT2D eigenvalue weighted by Crippen LogP contribution is 2.20. The molecule has 0 aromatic heterocycles. The molecular weight excluding hydrogens is 396 g/mol. The van der Waals surface area contributed by atoms with E-state index in [-0.39, 0.29) is 25.2 Å². The second-order valence-electron chi connectivity index (χ2n) is 6.84. The summed E-state index contributed by atoms with van der Waals surface area (Å²) >= 11 is 0. The van der Waals surface area contributed by atoms with Gasteiger partial charge in [0.2, 0.25) is 11.8 Å². The molecule has 4 N–H and O–H groups in total. The molecule has 8 nitrogen and oxygen atoms in total. The summed E-state index contributed by atoms with van der Waals surface area (Å²) < 4.78 is 0. The smallest absolute Gasteiger partial charge is 0.305 e. The molecule has 0 spiro atoms. The number of hydrogen-bond donors (Lipinski definition) is 3. The number of hydrazone groups is 1. The van der Waals surface area contributed by atoms with Crippen LogP contribution >= 0.6 is 0 Å². The minimum absolute atomic E-state index is 0.0262. The lowest BCUT2D eigenvalue weighted by Gasteiger charge is -2.23. The minimum atomic E-state index is -1.04. The van der Waals surface area contributed by atoms with Crippen LogP contribution in [0.1, 0.15) is 30.4 Å². The van der Waals surface area contributed by atoms with E-state index in [0.29, 0.717) is 12.2 Å². The van der Waals surface area contributed by atoms with E-state index in [1.165, 1.54) is 12.3 Å². The molecule has 162 valence electrons. The molecule has 0 aliphatic rings. The molecule has 2 amide bonds. The second kappa shape index (κ2) is 11.9. The zero-order valence-corrected chi connectivity index (χ0v) is 17.1. The Balaban J connectivity index is 2.09. The molecule has 2 aromatic carbocycles. The summed E-state index contributed by atoms with van der Waals surface area (Å²) in [5.41, 5.74) is 2.42. The Morgan fingerprint density at radius 1 is 1.10 bits per heavy atom. The normalized spacial score (nSPS) is 11.6. The zero-order chi connectivity index (χ0) is 22.6. The number of nitrogens with one attached hydrogen (secondary N) is 1. The lowest BCUT2D eigenvalue weighted by Crippen LogP contribution is -2.36. The van der Waals surface area contributed by atoms with Gasteiger partial charge in [-0.15, -0.1) is 6.58 Å². The molecule has 0 radical (unpaired) electrons. The molecule has 1 atom stereocenters. The average Bonchev–Trinajstić information content (AvgIpc) is 2.76. The number of carboxylic acid groups (broad SMARTS) is 1. The standard InChI is InChI=1S/C23H26N4O4/c1-2-19(14-23(30)31)26-21(28)12-13-22(29)27(16-18-6-4-3-5-7-18)20-10-8-17(9-11-20)15-25-24/h2-11,15,19H,1,12-14,16,24H2,(H,26,28)(H,30,31). The number of rotatable bonds is 11. The van der Waals surface area contributed by atoms with Crippen molar-refractivity contribution in [3.8, 4) is 0 Å². The van der Waals surface area contributed by atoms with Gasteiger partial charge >= 0.3 is 5.97 Å². The van der Waals surface area contributed by atoms with Crippen LogP contribution in [-0.4, -0.2) is 35.1 Å². The van der Waals surface area contributed by atoms with Gasteiger partial charge in [-0.25, -0.2) is 0 Å². The van der Waals surface area contributed by atoms with E-state index < -0.39 is 17.9 Å². The van der Waals surface area contributed by atoms with Crippen LogP contribution in [0.3, 0.4) is 0 Å². The topological polar surface area (TPSA) is 125 Å². The van der Waals surface area contributed by atoms with E-state index in [9.17, 15) is 14.4 Å². The van der Waals surface area contributed by atoms with Crippen molar-refractivity contribution in [2.75, 3.05) is 4.90 Å². The minimum Gasteiger partial charge on any atom is -0.481 e. The van der Waals surface area contributed by atoms with Crippen molar-refractivity contribution in [2.24, 2.45) is 10.9 Å². The van der Waals surface area contributed by atoms with Crippen molar-refractivity contribution in [3.05, 3.63) is 78.4 Å². The first kappa shape index (κ1) is 23.3. The Bertz CT molecular complexity index is 926. The molecule has 0 fully saturated rings. The van der Waals surface area contributed by atoms with Crippen molar-refractivity contribution in [1.82, 2.24) is 5.32 Å². The number of hydrogen-bond acceptors (Lipinski definition) is 5. The van der Waals surface area contributed by atoms with Crippen molar-refractivity contribution in [3.63, 3.8) is 0 Å². The average molecular weight is 422 g/mol. The molecule has 0 bridgehead atoms. The molecule has 1 unspecified atom stereocenters. The SMILES string of the molecule is C=CC(CC(=O)O)NC(=O)CCC(=O)N(Cc1ccccc1)c1ccc(C=NN)cc1. The first-order valence-electron chi connectivity index (χ1n) is 9.74. The molecular formula is C23H26N4O4. The molecule has 2 aromatic rings. The van der Waals surface area contributed by atoms with Crippen LogP contribution < -0.4 is 16.1 Å². The molecule has 31 heavy (non-hydrogen) atoms. The molecule has 0 aliphatic heterocycles. The third-order valence-electron chi connectivity index (χ3n) is 4.50. The summed E-state index contributed by atoms with van der Waals surface area (Å²) in [5.74, 6) is 3.50. The van der Waals surface area contributed by atoms with Gasteiger partial charge in [0.25, 0.3) is 0 Å². The highest BCUT2D eigenvalue weighted by atomic mass is 16.4. The van der Waals surface area contributed by atoms with Crippen LogP contribution in [-0.2, 0) is 20.9 Å². The monoisotopic (exact) mass is 422 g/mol. The molecule has 0 saturated carbocycles. The number of carboxylic acids is 1. The molecule has 2 rings (SSSR count). The van der Waals surface area contributed by atoms with Crippen molar-refractivity contribution in [1.29, 1.82) is 0 Å². The van der Waals surface area contributed by atoms with Crippen LogP contribution in [0.5, 0.6) is 0 Å². The Hall–Kier alpha value is -3.94. The summed E-state index contributed by atoms with van der Waals surface area (Å²) in [5, 5.41) is 14.9. The number of carbonyl (C=O) groups excluding carboxylic acids is 2. The number of benzene rings is 2. The highest BCUT2D eigenvalue weighted by molar-refractivity contribution is 5.95. The number of anilines is 1. The van der Waals surface area contributed by atoms with Crippen LogP contribution in [0, 0.1) is 0 Å². The Kier molecular flexibility index (Phi) is 8.97. The van der Waals surface area contributed by atoms with E-state index in [2.05, 4.69) is 17.0 Å². The van der Waals surface area contributed by atoms with E-state index >= 15 is 0 Å². The van der Waals surface area contributed by atoms with Crippen molar-refractivity contribution in [2.45, 2.75) is 31.8 Å². The molecule has 8 heteroatoms. The predicted octanol–water partition coefficient (Wildman–Crippen LogP) is 2.44. The third-order valence-corrected chi connectivity index (χ3v) is 4.50. The summed E-state index contributed by atoms with van der Waals surface area (Å²) in [7, 11) is 0. The highest BCUT2D eigenvalue weighted by Gasteiger charge is 2.19. The number of nitrogens with two attached hydrogens (primary N) is 1. The third kappa shape index (κ3) is 7.77. The summed E-state index contributed by atoms with van der Waals surface area (Å²) in [6.45, 7) is 3.87. The van der Waals surface area contributed by atoms with Crippen LogP contribution in [0.2, 0.25) is 0 Å². The predicted molar refractivity (Wildman–Crippen MR) is 119 cm³/mol. The van der Waals surface area contributed by atoms with Gasteiger partial charge in [-0.05, 0) is 23.3 Å². The van der Waals surface area contributed by atoms with E-state index in [0.717, 1.165) is 11.1 Å². The zero-order valence-electron chi connectivity index (χ0n) is 17.1. The molecule has 0 heterocycles. The maximum absolute atomic E-state index is 13.0. The summed E-state index contributed by atoms with van der Waals surface area (Å²) in [6, 6.07) is 16.0. The second-order valence-corrected chi connectivity index (χ2v) is 6.84. The van der Waals surface area contributed by atoms with Crippen LogP contribution in [0.25, 0.3) is 0 Å². The summed E-state index contributed by atoms with van der Waals surface area (Å²) in [6.07, 6.45) is 2.52. The largest absolute Gasteiger partial charge is 0.481 e. The number of amides is 2. The van der Waals surface area contributed by atoms with Gasteiger partial charge in [0.15, 0.2) is 0 Å². The van der Waals surface area contributed by atoms with E-state index in [1.54, 1.807) is 29.2 Å². The fourth-order valence-corrected chi connectivity index (χ4v) is 2.93. The van der Waals surface area contributed by atoms with Crippen molar-refractivity contribution >= 4 is 29.7 Å². The first-order valence-corrected chi connectivity index (χ1v) is 9.74. The first-order chi connectivity index (χ1) is 14.9. The van der Waals surface area contributed by atoms with Gasteiger partial charge in [0.1, 0.15) is 0 Å². The van der Waals surface area contributed by atoms with Crippen LogP contribution in [0.15, 0.2) is 72.4 Å². The van der Waals surface area contributed by atoms with Gasteiger partial charge in [0.05, 0.1) is 25.2 Å². The maximum atomic E-state index is 13.0. The van der Waals surface area contributed by atoms with E-state index in [4.69, 9.17) is 10.9 Å². The summed E-state index contributed by atoms with van der Waals surface area (Å²) in [4.78, 5) is 37.6. The van der Waals surface area contributed by atoms with E-state index in [1.807, 2.05) is 30.3 Å². The Morgan fingerprint density at radius 3 is 2.35 bits per heavy atom. The Morgan fingerprint density at radius 2 is 1.77 bits per heavy atom. The van der Waals surface area contributed by atoms with Gasteiger partial charge in [-0.3, -0.25) is 14.4 Å². The quantitative estimate of drug-likeness (QED) is 0.222.